The topological polar surface area (TPSA) is 69.7 Å². The summed E-state index contributed by atoms with van der Waals surface area (Å²) in [7, 11) is 0. The van der Waals surface area contributed by atoms with Crippen LogP contribution in [0.3, 0.4) is 0 Å². The summed E-state index contributed by atoms with van der Waals surface area (Å²) < 4.78 is 0. The molecule has 144 valence electrons. The number of nitrogens with zero attached hydrogens (tertiary/aromatic N) is 2. The maximum Gasteiger partial charge on any atom is 0.253 e. The van der Waals surface area contributed by atoms with E-state index >= 15 is 0 Å². The minimum atomic E-state index is -0.0294. The van der Waals surface area contributed by atoms with Crippen LogP contribution in [-0.2, 0) is 11.2 Å². The van der Waals surface area contributed by atoms with E-state index in [4.69, 9.17) is 0 Å². The lowest BCUT2D eigenvalue weighted by atomic mass is 10.1. The maximum atomic E-state index is 12.8. The molecule has 4 rings (SSSR count). The van der Waals surface area contributed by atoms with Gasteiger partial charge in [-0.05, 0) is 23.8 Å². The lowest BCUT2D eigenvalue weighted by molar-refractivity contribution is -0.115. The predicted octanol–water partition coefficient (Wildman–Crippen LogP) is 2.21. The molecule has 2 amide bonds. The molecule has 1 N–H and O–H groups in total. The van der Waals surface area contributed by atoms with Crippen molar-refractivity contribution in [2.75, 3.05) is 38.0 Å². The number of hydrogen-bond acceptors (Lipinski definition) is 4. The Balaban J connectivity index is 1.28. The number of fused-ring (bicyclic) bond motifs is 1. The third-order valence-electron chi connectivity index (χ3n) is 5.39. The van der Waals surface area contributed by atoms with Gasteiger partial charge in [0.1, 0.15) is 0 Å². The van der Waals surface area contributed by atoms with Gasteiger partial charge in [-0.25, -0.2) is 0 Å². The number of rotatable bonds is 5. The largest absolute Gasteiger partial charge is 0.336 e. The van der Waals surface area contributed by atoms with E-state index in [9.17, 15) is 14.4 Å². The average Bonchev–Trinajstić information content (AvgIpc) is 3.11. The Labute approximate surface area is 164 Å². The monoisotopic (exact) mass is 377 g/mol. The van der Waals surface area contributed by atoms with Crippen molar-refractivity contribution < 1.29 is 14.4 Å². The third kappa shape index (κ3) is 3.97. The molecule has 0 bridgehead atoms. The molecule has 1 saturated heterocycles. The van der Waals surface area contributed by atoms with Gasteiger partial charge in [0.2, 0.25) is 5.91 Å². The highest BCUT2D eigenvalue weighted by molar-refractivity contribution is 6.01. The summed E-state index contributed by atoms with van der Waals surface area (Å²) in [6.45, 7) is 3.53. The molecular weight excluding hydrogens is 354 g/mol. The Morgan fingerprint density at radius 1 is 0.929 bits per heavy atom. The number of carbonyl (C=O) groups excluding carboxylic acids is 3. The number of piperazine rings is 1. The highest BCUT2D eigenvalue weighted by Crippen LogP contribution is 2.24. The molecule has 0 spiro atoms. The van der Waals surface area contributed by atoms with Crippen LogP contribution in [0.15, 0.2) is 48.5 Å². The first kappa shape index (κ1) is 18.4. The van der Waals surface area contributed by atoms with E-state index in [1.54, 1.807) is 12.1 Å². The summed E-state index contributed by atoms with van der Waals surface area (Å²) in [6, 6.07) is 14.8. The number of carbonyl (C=O) groups is 3. The Morgan fingerprint density at radius 2 is 1.68 bits per heavy atom. The standard InChI is InChI=1S/C22H23N3O3/c26-20(16-4-2-1-3-5-16)8-9-24-10-12-25(13-11-24)22(28)17-6-7-19-18(14-17)15-21(27)23-19/h1-7,14H,8-13,15H2,(H,23,27). The molecule has 2 aromatic rings. The minimum Gasteiger partial charge on any atom is -0.336 e. The number of nitrogens with one attached hydrogen (secondary N) is 1. The summed E-state index contributed by atoms with van der Waals surface area (Å²) in [5.74, 6) is 0.126. The zero-order chi connectivity index (χ0) is 19.5. The Morgan fingerprint density at radius 3 is 2.43 bits per heavy atom. The number of Topliss-reactive ketones (excluding diaryl/α,β-unsaturated/α-hetero) is 1. The molecule has 2 heterocycles. The van der Waals surface area contributed by atoms with Gasteiger partial charge in [-0.15, -0.1) is 0 Å². The highest BCUT2D eigenvalue weighted by atomic mass is 16.2. The molecule has 28 heavy (non-hydrogen) atoms. The van der Waals surface area contributed by atoms with Crippen LogP contribution in [0.1, 0.15) is 32.7 Å². The van der Waals surface area contributed by atoms with E-state index in [-0.39, 0.29) is 17.6 Å². The van der Waals surface area contributed by atoms with Crippen LogP contribution in [0.25, 0.3) is 0 Å². The molecule has 2 aliphatic rings. The number of amides is 2. The van der Waals surface area contributed by atoms with E-state index in [2.05, 4.69) is 10.2 Å². The first-order valence-corrected chi connectivity index (χ1v) is 9.63. The van der Waals surface area contributed by atoms with Gasteiger partial charge in [0.05, 0.1) is 6.42 Å². The fraction of sp³-hybridized carbons (Fsp3) is 0.318. The van der Waals surface area contributed by atoms with Crippen molar-refractivity contribution in [3.63, 3.8) is 0 Å². The van der Waals surface area contributed by atoms with Crippen LogP contribution in [-0.4, -0.2) is 60.1 Å². The molecule has 0 atom stereocenters. The quantitative estimate of drug-likeness (QED) is 0.811. The molecule has 0 unspecified atom stereocenters. The summed E-state index contributed by atoms with van der Waals surface area (Å²) in [4.78, 5) is 40.6. The first-order chi connectivity index (χ1) is 13.6. The lowest BCUT2D eigenvalue weighted by Gasteiger charge is -2.34. The summed E-state index contributed by atoms with van der Waals surface area (Å²) in [5, 5.41) is 2.79. The summed E-state index contributed by atoms with van der Waals surface area (Å²) >= 11 is 0. The van der Waals surface area contributed by atoms with E-state index in [1.807, 2.05) is 41.3 Å². The van der Waals surface area contributed by atoms with Gasteiger partial charge >= 0.3 is 0 Å². The van der Waals surface area contributed by atoms with Crippen LogP contribution in [0.2, 0.25) is 0 Å². The molecule has 0 radical (unpaired) electrons. The van der Waals surface area contributed by atoms with Crippen molar-refractivity contribution in [2.24, 2.45) is 0 Å². The molecule has 2 aromatic carbocycles. The SMILES string of the molecule is O=C1Cc2cc(C(=O)N3CCN(CCC(=O)c4ccccc4)CC3)ccc2N1. The zero-order valence-corrected chi connectivity index (χ0v) is 15.7. The molecule has 2 aliphatic heterocycles. The van der Waals surface area contributed by atoms with Gasteiger partial charge in [0, 0.05) is 56.0 Å². The molecule has 1 fully saturated rings. The molecule has 6 nitrogen and oxygen atoms in total. The van der Waals surface area contributed by atoms with Crippen LogP contribution in [0.5, 0.6) is 0 Å². The summed E-state index contributed by atoms with van der Waals surface area (Å²) in [6.07, 6.45) is 0.823. The van der Waals surface area contributed by atoms with Crippen LogP contribution in [0.4, 0.5) is 5.69 Å². The van der Waals surface area contributed by atoms with Crippen molar-refractivity contribution in [1.29, 1.82) is 0 Å². The second-order valence-corrected chi connectivity index (χ2v) is 7.27. The van der Waals surface area contributed by atoms with E-state index in [0.717, 1.165) is 29.9 Å². The first-order valence-electron chi connectivity index (χ1n) is 9.63. The molecular formula is C22H23N3O3. The Hall–Kier alpha value is -2.99. The van der Waals surface area contributed by atoms with Gasteiger partial charge < -0.3 is 10.2 Å². The van der Waals surface area contributed by atoms with E-state index in [0.29, 0.717) is 38.0 Å². The minimum absolute atomic E-state index is 0.00200. The van der Waals surface area contributed by atoms with Crippen molar-refractivity contribution in [1.82, 2.24) is 9.80 Å². The Bertz CT molecular complexity index is 902. The van der Waals surface area contributed by atoms with Crippen molar-refractivity contribution in [3.05, 3.63) is 65.2 Å². The molecule has 0 aromatic heterocycles. The summed E-state index contributed by atoms with van der Waals surface area (Å²) in [5.41, 5.74) is 3.06. The fourth-order valence-electron chi connectivity index (χ4n) is 3.75. The van der Waals surface area contributed by atoms with Crippen LogP contribution < -0.4 is 5.32 Å². The highest BCUT2D eigenvalue weighted by Gasteiger charge is 2.24. The Kier molecular flexibility index (Phi) is 5.21. The van der Waals surface area contributed by atoms with Crippen LogP contribution in [0, 0.1) is 0 Å². The number of benzene rings is 2. The molecule has 6 heteroatoms. The zero-order valence-electron chi connectivity index (χ0n) is 15.7. The van der Waals surface area contributed by atoms with Gasteiger partial charge in [-0.3, -0.25) is 19.3 Å². The maximum absolute atomic E-state index is 12.8. The van der Waals surface area contributed by atoms with Crippen LogP contribution >= 0.6 is 0 Å². The predicted molar refractivity (Wildman–Crippen MR) is 107 cm³/mol. The number of hydrogen-bond donors (Lipinski definition) is 1. The third-order valence-corrected chi connectivity index (χ3v) is 5.39. The second kappa shape index (κ2) is 7.94. The molecule has 0 saturated carbocycles. The van der Waals surface area contributed by atoms with Crippen molar-refractivity contribution in [2.45, 2.75) is 12.8 Å². The van der Waals surface area contributed by atoms with E-state index < -0.39 is 0 Å². The van der Waals surface area contributed by atoms with Crippen molar-refractivity contribution in [3.8, 4) is 0 Å². The average molecular weight is 377 g/mol. The fourth-order valence-corrected chi connectivity index (χ4v) is 3.75. The smallest absolute Gasteiger partial charge is 0.253 e. The normalized spacial score (nSPS) is 16.6. The lowest BCUT2D eigenvalue weighted by Crippen LogP contribution is -2.49. The van der Waals surface area contributed by atoms with E-state index in [1.165, 1.54) is 0 Å². The van der Waals surface area contributed by atoms with Gasteiger partial charge in [-0.1, -0.05) is 30.3 Å². The van der Waals surface area contributed by atoms with Gasteiger partial charge in [-0.2, -0.15) is 0 Å². The molecule has 0 aliphatic carbocycles. The number of anilines is 1. The van der Waals surface area contributed by atoms with Gasteiger partial charge in [0.15, 0.2) is 5.78 Å². The number of ketones is 1. The van der Waals surface area contributed by atoms with Gasteiger partial charge in [0.25, 0.3) is 5.91 Å². The van der Waals surface area contributed by atoms with Crippen molar-refractivity contribution >= 4 is 23.3 Å². The second-order valence-electron chi connectivity index (χ2n) is 7.27.